The number of hydrogen-bond acceptors (Lipinski definition) is 5. The van der Waals surface area contributed by atoms with E-state index in [2.05, 4.69) is 14.9 Å². The summed E-state index contributed by atoms with van der Waals surface area (Å²) in [5, 5.41) is 3.81. The van der Waals surface area contributed by atoms with Gasteiger partial charge in [-0.2, -0.15) is 0 Å². The van der Waals surface area contributed by atoms with Crippen LogP contribution in [0.25, 0.3) is 11.4 Å². The highest BCUT2D eigenvalue weighted by Gasteiger charge is 2.15. The van der Waals surface area contributed by atoms with Crippen LogP contribution in [0.5, 0.6) is 0 Å². The van der Waals surface area contributed by atoms with Crippen LogP contribution in [0, 0.1) is 0 Å². The molecule has 0 unspecified atom stereocenters. The maximum absolute atomic E-state index is 12.1. The fourth-order valence-electron chi connectivity index (χ4n) is 1.94. The molecule has 0 radical (unpaired) electrons. The van der Waals surface area contributed by atoms with Gasteiger partial charge in [0.1, 0.15) is 5.69 Å². The molecule has 0 aliphatic heterocycles. The van der Waals surface area contributed by atoms with E-state index in [9.17, 15) is 8.42 Å². The van der Waals surface area contributed by atoms with Crippen LogP contribution in [0.1, 0.15) is 5.56 Å². The Balaban J connectivity index is 1.75. The van der Waals surface area contributed by atoms with Crippen molar-refractivity contribution in [1.29, 1.82) is 0 Å². The van der Waals surface area contributed by atoms with Crippen LogP contribution < -0.4 is 4.72 Å². The zero-order chi connectivity index (χ0) is 15.4. The van der Waals surface area contributed by atoms with Gasteiger partial charge in [-0.05, 0) is 17.7 Å². The molecule has 0 aliphatic carbocycles. The molecule has 0 amide bonds. The van der Waals surface area contributed by atoms with Gasteiger partial charge in [0.25, 0.3) is 0 Å². The lowest BCUT2D eigenvalue weighted by molar-refractivity contribution is 0.438. The lowest BCUT2D eigenvalue weighted by atomic mass is 10.2. The van der Waals surface area contributed by atoms with E-state index in [-0.39, 0.29) is 11.6 Å². The molecule has 0 bridgehead atoms. The van der Waals surface area contributed by atoms with E-state index in [1.807, 2.05) is 12.1 Å². The smallest absolute Gasteiger partial charge is 0.239 e. The molecular formula is C15H13N3O3S. The minimum Gasteiger partial charge on any atom is -0.337 e. The van der Waals surface area contributed by atoms with Crippen molar-refractivity contribution in [2.24, 2.45) is 0 Å². The number of nitrogens with one attached hydrogen (secondary N) is 1. The molecule has 0 saturated carbocycles. The standard InChI is InChI=1S/C15H13N3O3S/c19-22(20,11-12-6-2-1-3-7-12)18-15-10-14(17-21-15)13-8-4-5-9-16-13/h1-10,18H,11H2. The molecule has 2 heterocycles. The van der Waals surface area contributed by atoms with Crippen molar-refractivity contribution in [2.75, 3.05) is 4.72 Å². The fraction of sp³-hybridized carbons (Fsp3) is 0.0667. The van der Waals surface area contributed by atoms with Gasteiger partial charge < -0.3 is 4.52 Å². The molecule has 1 N–H and O–H groups in total. The molecule has 0 atom stereocenters. The molecule has 2 aromatic heterocycles. The van der Waals surface area contributed by atoms with Crippen molar-refractivity contribution in [3.05, 3.63) is 66.4 Å². The molecule has 0 saturated heterocycles. The summed E-state index contributed by atoms with van der Waals surface area (Å²) in [5.74, 6) is -0.0652. The second-order valence-corrected chi connectivity index (χ2v) is 6.36. The molecule has 3 rings (SSSR count). The van der Waals surface area contributed by atoms with Gasteiger partial charge in [0, 0.05) is 12.3 Å². The number of nitrogens with zero attached hydrogens (tertiary/aromatic N) is 2. The summed E-state index contributed by atoms with van der Waals surface area (Å²) < 4.78 is 31.6. The Kier molecular flexibility index (Phi) is 3.88. The molecule has 22 heavy (non-hydrogen) atoms. The molecular weight excluding hydrogens is 302 g/mol. The van der Waals surface area contributed by atoms with Gasteiger partial charge >= 0.3 is 0 Å². The quantitative estimate of drug-likeness (QED) is 0.782. The van der Waals surface area contributed by atoms with Crippen molar-refractivity contribution >= 4 is 15.9 Å². The van der Waals surface area contributed by atoms with Crippen LogP contribution in [-0.2, 0) is 15.8 Å². The Hall–Kier alpha value is -2.67. The molecule has 3 aromatic rings. The number of pyridine rings is 1. The third-order valence-corrected chi connectivity index (χ3v) is 4.12. The number of hydrogen-bond donors (Lipinski definition) is 1. The highest BCUT2D eigenvalue weighted by molar-refractivity contribution is 7.91. The first kappa shape index (κ1) is 14.3. The summed E-state index contributed by atoms with van der Waals surface area (Å²) in [6, 6.07) is 15.8. The number of sulfonamides is 1. The molecule has 1 aromatic carbocycles. The first-order chi connectivity index (χ1) is 10.6. The second kappa shape index (κ2) is 5.98. The van der Waals surface area contributed by atoms with E-state index < -0.39 is 10.0 Å². The van der Waals surface area contributed by atoms with Gasteiger partial charge in [-0.3, -0.25) is 9.71 Å². The predicted molar refractivity (Wildman–Crippen MR) is 82.4 cm³/mol. The molecule has 112 valence electrons. The van der Waals surface area contributed by atoms with Crippen molar-refractivity contribution in [2.45, 2.75) is 5.75 Å². The summed E-state index contributed by atoms with van der Waals surface area (Å²) in [6.07, 6.45) is 1.63. The van der Waals surface area contributed by atoms with Crippen molar-refractivity contribution in [3.63, 3.8) is 0 Å². The number of benzene rings is 1. The van der Waals surface area contributed by atoms with Crippen LogP contribution in [0.4, 0.5) is 5.88 Å². The van der Waals surface area contributed by atoms with Gasteiger partial charge in [0.2, 0.25) is 15.9 Å². The van der Waals surface area contributed by atoms with Crippen LogP contribution in [0.3, 0.4) is 0 Å². The van der Waals surface area contributed by atoms with Crippen molar-refractivity contribution in [1.82, 2.24) is 10.1 Å². The second-order valence-electron chi connectivity index (χ2n) is 4.64. The molecule has 0 aliphatic rings. The van der Waals surface area contributed by atoms with Gasteiger partial charge in [0.15, 0.2) is 0 Å². The predicted octanol–water partition coefficient (Wildman–Crippen LogP) is 2.68. The highest BCUT2D eigenvalue weighted by Crippen LogP contribution is 2.20. The lowest BCUT2D eigenvalue weighted by Crippen LogP contribution is -2.14. The van der Waals surface area contributed by atoms with E-state index in [0.717, 1.165) is 0 Å². The monoisotopic (exact) mass is 315 g/mol. The third kappa shape index (κ3) is 3.50. The van der Waals surface area contributed by atoms with E-state index in [0.29, 0.717) is 17.0 Å². The number of anilines is 1. The van der Waals surface area contributed by atoms with Gasteiger partial charge in [-0.1, -0.05) is 41.6 Å². The first-order valence-corrected chi connectivity index (χ1v) is 8.20. The molecule has 0 fully saturated rings. The van der Waals surface area contributed by atoms with Gasteiger partial charge in [0.05, 0.1) is 11.4 Å². The zero-order valence-corrected chi connectivity index (χ0v) is 12.3. The van der Waals surface area contributed by atoms with Crippen LogP contribution in [-0.4, -0.2) is 18.6 Å². The summed E-state index contributed by atoms with van der Waals surface area (Å²) in [6.45, 7) is 0. The Labute approximate surface area is 127 Å². The van der Waals surface area contributed by atoms with Gasteiger partial charge in [-0.15, -0.1) is 0 Å². The van der Waals surface area contributed by atoms with E-state index in [1.165, 1.54) is 6.07 Å². The molecule has 0 spiro atoms. The van der Waals surface area contributed by atoms with E-state index >= 15 is 0 Å². The highest BCUT2D eigenvalue weighted by atomic mass is 32.2. The minimum absolute atomic E-state index is 0.0663. The summed E-state index contributed by atoms with van der Waals surface area (Å²) in [5.41, 5.74) is 1.78. The topological polar surface area (TPSA) is 85.1 Å². The number of rotatable bonds is 5. The largest absolute Gasteiger partial charge is 0.337 e. The zero-order valence-electron chi connectivity index (χ0n) is 11.5. The Morgan fingerprint density at radius 3 is 2.50 bits per heavy atom. The fourth-order valence-corrected chi connectivity index (χ4v) is 3.05. The average Bonchev–Trinajstić information content (AvgIpc) is 2.96. The Morgan fingerprint density at radius 2 is 1.77 bits per heavy atom. The van der Waals surface area contributed by atoms with E-state index in [1.54, 1.807) is 42.6 Å². The molecule has 6 nitrogen and oxygen atoms in total. The Morgan fingerprint density at radius 1 is 1.00 bits per heavy atom. The number of aromatic nitrogens is 2. The maximum atomic E-state index is 12.1. The average molecular weight is 315 g/mol. The van der Waals surface area contributed by atoms with Crippen LogP contribution >= 0.6 is 0 Å². The third-order valence-electron chi connectivity index (χ3n) is 2.89. The normalized spacial score (nSPS) is 11.3. The summed E-state index contributed by atoms with van der Waals surface area (Å²) >= 11 is 0. The van der Waals surface area contributed by atoms with Crippen LogP contribution in [0.15, 0.2) is 65.3 Å². The van der Waals surface area contributed by atoms with E-state index in [4.69, 9.17) is 4.52 Å². The first-order valence-electron chi connectivity index (χ1n) is 6.55. The van der Waals surface area contributed by atoms with Crippen molar-refractivity contribution in [3.8, 4) is 11.4 Å². The molecule has 7 heteroatoms. The van der Waals surface area contributed by atoms with Crippen molar-refractivity contribution < 1.29 is 12.9 Å². The van der Waals surface area contributed by atoms with Gasteiger partial charge in [-0.25, -0.2) is 8.42 Å². The minimum atomic E-state index is -3.56. The summed E-state index contributed by atoms with van der Waals surface area (Å²) in [7, 11) is -3.56. The SMILES string of the molecule is O=S(=O)(Cc1ccccc1)Nc1cc(-c2ccccn2)no1. The van der Waals surface area contributed by atoms with Crippen LogP contribution in [0.2, 0.25) is 0 Å². The Bertz CT molecular complexity index is 846. The maximum Gasteiger partial charge on any atom is 0.239 e. The summed E-state index contributed by atoms with van der Waals surface area (Å²) in [4.78, 5) is 4.13. The lowest BCUT2D eigenvalue weighted by Gasteiger charge is -2.04.